The van der Waals surface area contributed by atoms with Crippen molar-refractivity contribution in [3.63, 3.8) is 0 Å². The summed E-state index contributed by atoms with van der Waals surface area (Å²) in [7, 11) is 0. The quantitative estimate of drug-likeness (QED) is 0.376. The van der Waals surface area contributed by atoms with Crippen molar-refractivity contribution in [1.82, 2.24) is 0 Å². The van der Waals surface area contributed by atoms with E-state index in [4.69, 9.17) is 11.6 Å². The van der Waals surface area contributed by atoms with Gasteiger partial charge in [0.1, 0.15) is 0 Å². The fourth-order valence-electron chi connectivity index (χ4n) is 2.93. The van der Waals surface area contributed by atoms with Crippen LogP contribution in [0, 0.1) is 0 Å². The van der Waals surface area contributed by atoms with E-state index < -0.39 is 0 Å². The van der Waals surface area contributed by atoms with Crippen LogP contribution in [0.2, 0.25) is 5.02 Å². The molecule has 0 heterocycles. The summed E-state index contributed by atoms with van der Waals surface area (Å²) in [5.41, 5.74) is 3.39. The molecule has 0 aliphatic carbocycles. The van der Waals surface area contributed by atoms with Crippen LogP contribution < -0.4 is 0 Å². The van der Waals surface area contributed by atoms with Gasteiger partial charge in [0.2, 0.25) is 0 Å². The van der Waals surface area contributed by atoms with Crippen molar-refractivity contribution in [3.05, 3.63) is 112 Å². The van der Waals surface area contributed by atoms with Crippen LogP contribution in [0.3, 0.4) is 0 Å². The molecule has 0 N–H and O–H groups in total. The van der Waals surface area contributed by atoms with Crippen molar-refractivity contribution in [2.75, 3.05) is 0 Å². The van der Waals surface area contributed by atoms with Gasteiger partial charge in [-0.15, -0.1) is 0 Å². The number of carbonyl (C=O) groups is 2. The summed E-state index contributed by atoms with van der Waals surface area (Å²) in [5.74, 6) is -0.121. The molecule has 0 saturated heterocycles. The standard InChI is InChI=1S/C24H19ClO2/c1-17(24(27)20-10-6-3-7-11-20)22(18-8-4-2-5-9-18)16-23(26)19-12-14-21(25)15-13-19/h2-15H,16H2,1H3. The molecule has 134 valence electrons. The lowest BCUT2D eigenvalue weighted by Gasteiger charge is -2.12. The van der Waals surface area contributed by atoms with Crippen LogP contribution in [0.4, 0.5) is 0 Å². The van der Waals surface area contributed by atoms with E-state index in [0.29, 0.717) is 21.7 Å². The molecule has 0 aliphatic rings. The van der Waals surface area contributed by atoms with Crippen LogP contribution in [-0.2, 0) is 0 Å². The minimum absolute atomic E-state index is 0.0502. The molecule has 2 nitrogen and oxygen atoms in total. The zero-order valence-electron chi connectivity index (χ0n) is 15.0. The van der Waals surface area contributed by atoms with Crippen molar-refractivity contribution >= 4 is 28.7 Å². The molecule has 0 aliphatic heterocycles. The SMILES string of the molecule is CC(C(=O)c1ccccc1)=C(CC(=O)c1ccc(Cl)cc1)c1ccccc1. The van der Waals surface area contributed by atoms with Gasteiger partial charge in [-0.2, -0.15) is 0 Å². The van der Waals surface area contributed by atoms with E-state index >= 15 is 0 Å². The number of benzene rings is 3. The average Bonchev–Trinajstić information content (AvgIpc) is 2.72. The molecule has 0 fully saturated rings. The van der Waals surface area contributed by atoms with Crippen LogP contribution in [0.5, 0.6) is 0 Å². The van der Waals surface area contributed by atoms with Gasteiger partial charge in [-0.1, -0.05) is 72.3 Å². The van der Waals surface area contributed by atoms with Crippen LogP contribution in [0.15, 0.2) is 90.5 Å². The van der Waals surface area contributed by atoms with E-state index in [0.717, 1.165) is 11.1 Å². The van der Waals surface area contributed by atoms with Gasteiger partial charge in [-0.3, -0.25) is 9.59 Å². The number of ketones is 2. The van der Waals surface area contributed by atoms with E-state index in [-0.39, 0.29) is 18.0 Å². The third-order valence-corrected chi connectivity index (χ3v) is 4.71. The van der Waals surface area contributed by atoms with Gasteiger partial charge < -0.3 is 0 Å². The summed E-state index contributed by atoms with van der Waals surface area (Å²) in [6, 6.07) is 25.5. The average molecular weight is 375 g/mol. The first-order valence-electron chi connectivity index (χ1n) is 8.70. The number of halogens is 1. The van der Waals surface area contributed by atoms with Crippen LogP contribution >= 0.6 is 11.6 Å². The first kappa shape index (κ1) is 18.8. The summed E-state index contributed by atoms with van der Waals surface area (Å²) >= 11 is 5.91. The van der Waals surface area contributed by atoms with Crippen LogP contribution in [0.25, 0.3) is 5.57 Å². The number of hydrogen-bond donors (Lipinski definition) is 0. The largest absolute Gasteiger partial charge is 0.294 e. The van der Waals surface area contributed by atoms with Crippen LogP contribution in [0.1, 0.15) is 39.6 Å². The van der Waals surface area contributed by atoms with Crippen molar-refractivity contribution < 1.29 is 9.59 Å². The second-order valence-corrected chi connectivity index (χ2v) is 6.71. The third kappa shape index (κ3) is 4.60. The van der Waals surface area contributed by atoms with Gasteiger partial charge in [0, 0.05) is 28.1 Å². The van der Waals surface area contributed by atoms with Gasteiger partial charge in [0.25, 0.3) is 0 Å². The highest BCUT2D eigenvalue weighted by atomic mass is 35.5. The maximum atomic E-state index is 12.9. The summed E-state index contributed by atoms with van der Waals surface area (Å²) in [6.45, 7) is 1.78. The smallest absolute Gasteiger partial charge is 0.189 e. The molecule has 3 heteroatoms. The second kappa shape index (κ2) is 8.61. The van der Waals surface area contributed by atoms with E-state index in [2.05, 4.69) is 0 Å². The van der Waals surface area contributed by atoms with E-state index in [1.54, 1.807) is 43.3 Å². The minimum Gasteiger partial charge on any atom is -0.294 e. The van der Waals surface area contributed by atoms with Crippen molar-refractivity contribution in [3.8, 4) is 0 Å². The first-order chi connectivity index (χ1) is 13.1. The molecule has 27 heavy (non-hydrogen) atoms. The third-order valence-electron chi connectivity index (χ3n) is 4.46. The molecular formula is C24H19ClO2. The Hall–Kier alpha value is -2.97. The van der Waals surface area contributed by atoms with E-state index in [1.165, 1.54) is 0 Å². The number of hydrogen-bond acceptors (Lipinski definition) is 2. The topological polar surface area (TPSA) is 34.1 Å². The maximum absolute atomic E-state index is 12.9. The Kier molecular flexibility index (Phi) is 6.00. The minimum atomic E-state index is -0.0710. The maximum Gasteiger partial charge on any atom is 0.189 e. The Morgan fingerprint density at radius 3 is 1.78 bits per heavy atom. The molecule has 0 atom stereocenters. The molecule has 0 aromatic heterocycles. The monoisotopic (exact) mass is 374 g/mol. The molecule has 0 spiro atoms. The molecule has 0 unspecified atom stereocenters. The fourth-order valence-corrected chi connectivity index (χ4v) is 3.06. The normalized spacial score (nSPS) is 11.6. The highest BCUT2D eigenvalue weighted by Gasteiger charge is 2.18. The molecule has 3 rings (SSSR count). The Bertz CT molecular complexity index is 972. The van der Waals surface area contributed by atoms with Crippen molar-refractivity contribution in [1.29, 1.82) is 0 Å². The van der Waals surface area contributed by atoms with Crippen molar-refractivity contribution in [2.24, 2.45) is 0 Å². The van der Waals surface area contributed by atoms with Crippen molar-refractivity contribution in [2.45, 2.75) is 13.3 Å². The number of allylic oxidation sites excluding steroid dienone is 2. The summed E-state index contributed by atoms with van der Waals surface area (Å²) in [4.78, 5) is 25.8. The van der Waals surface area contributed by atoms with Crippen LogP contribution in [-0.4, -0.2) is 11.6 Å². The number of rotatable bonds is 6. The number of carbonyl (C=O) groups excluding carboxylic acids is 2. The van der Waals surface area contributed by atoms with Gasteiger partial charge in [0.05, 0.1) is 0 Å². The summed E-state index contributed by atoms with van der Waals surface area (Å²) in [6.07, 6.45) is 0.149. The van der Waals surface area contributed by atoms with Gasteiger partial charge in [-0.05, 0) is 42.3 Å². The predicted molar refractivity (Wildman–Crippen MR) is 110 cm³/mol. The van der Waals surface area contributed by atoms with Gasteiger partial charge in [-0.25, -0.2) is 0 Å². The molecule has 0 saturated carbocycles. The zero-order valence-corrected chi connectivity index (χ0v) is 15.7. The Balaban J connectivity index is 2.00. The second-order valence-electron chi connectivity index (χ2n) is 6.27. The Morgan fingerprint density at radius 2 is 1.22 bits per heavy atom. The molecule has 3 aromatic rings. The lowest BCUT2D eigenvalue weighted by Crippen LogP contribution is -2.07. The van der Waals surface area contributed by atoms with Gasteiger partial charge in [0.15, 0.2) is 11.6 Å². The molecule has 0 radical (unpaired) electrons. The van der Waals surface area contributed by atoms with Gasteiger partial charge >= 0.3 is 0 Å². The highest BCUT2D eigenvalue weighted by Crippen LogP contribution is 2.27. The lowest BCUT2D eigenvalue weighted by atomic mass is 9.90. The summed E-state index contributed by atoms with van der Waals surface area (Å²) in [5, 5.41) is 0.584. The fraction of sp³-hybridized carbons (Fsp3) is 0.0833. The zero-order chi connectivity index (χ0) is 19.2. The predicted octanol–water partition coefficient (Wildman–Crippen LogP) is 6.27. The Labute approximate surface area is 164 Å². The Morgan fingerprint density at radius 1 is 0.704 bits per heavy atom. The molecule has 3 aromatic carbocycles. The molecule has 0 bridgehead atoms. The van der Waals surface area contributed by atoms with E-state index in [9.17, 15) is 9.59 Å². The lowest BCUT2D eigenvalue weighted by molar-refractivity contribution is 0.0998. The molecular weight excluding hydrogens is 356 g/mol. The number of Topliss-reactive ketones (excluding diaryl/α,β-unsaturated/α-hetero) is 2. The summed E-state index contributed by atoms with van der Waals surface area (Å²) < 4.78 is 0. The first-order valence-corrected chi connectivity index (χ1v) is 9.08. The highest BCUT2D eigenvalue weighted by molar-refractivity contribution is 6.30. The van der Waals surface area contributed by atoms with E-state index in [1.807, 2.05) is 48.5 Å². The molecule has 0 amide bonds.